The summed E-state index contributed by atoms with van der Waals surface area (Å²) < 4.78 is 5.12. The molecule has 1 rings (SSSR count). The van der Waals surface area contributed by atoms with Crippen LogP contribution in [0.3, 0.4) is 0 Å². The Morgan fingerprint density at radius 3 is 2.79 bits per heavy atom. The third kappa shape index (κ3) is 5.33. The van der Waals surface area contributed by atoms with Crippen molar-refractivity contribution in [2.75, 3.05) is 13.7 Å². The highest BCUT2D eigenvalue weighted by Crippen LogP contribution is 2.14. The van der Waals surface area contributed by atoms with Gasteiger partial charge in [0.2, 0.25) is 0 Å². The van der Waals surface area contributed by atoms with Gasteiger partial charge in [0.05, 0.1) is 7.11 Å². The van der Waals surface area contributed by atoms with Gasteiger partial charge in [-0.2, -0.15) is 0 Å². The van der Waals surface area contributed by atoms with E-state index in [-0.39, 0.29) is 5.91 Å². The second kappa shape index (κ2) is 8.57. The van der Waals surface area contributed by atoms with Gasteiger partial charge < -0.3 is 10.1 Å². The predicted molar refractivity (Wildman–Crippen MR) is 78.6 cm³/mol. The summed E-state index contributed by atoms with van der Waals surface area (Å²) in [6, 6.07) is 7.25. The van der Waals surface area contributed by atoms with Crippen LogP contribution in [0.4, 0.5) is 0 Å². The van der Waals surface area contributed by atoms with Crippen molar-refractivity contribution in [1.29, 1.82) is 0 Å². The Kier molecular flexibility index (Phi) is 7.01. The number of benzene rings is 1. The molecule has 0 aliphatic rings. The van der Waals surface area contributed by atoms with Gasteiger partial charge in [-0.15, -0.1) is 0 Å². The van der Waals surface area contributed by atoms with Crippen LogP contribution in [0.25, 0.3) is 0 Å². The van der Waals surface area contributed by atoms with Crippen LogP contribution in [-0.2, 0) is 0 Å². The molecule has 0 radical (unpaired) electrons. The van der Waals surface area contributed by atoms with Crippen LogP contribution < -0.4 is 10.1 Å². The molecule has 0 spiro atoms. The Morgan fingerprint density at radius 2 is 2.16 bits per heavy atom. The maximum atomic E-state index is 12.0. The van der Waals surface area contributed by atoms with E-state index >= 15 is 0 Å². The van der Waals surface area contributed by atoms with E-state index in [1.807, 2.05) is 18.2 Å². The largest absolute Gasteiger partial charge is 0.497 e. The van der Waals surface area contributed by atoms with Gasteiger partial charge in [0.15, 0.2) is 0 Å². The Balaban J connectivity index is 2.49. The van der Waals surface area contributed by atoms with Gasteiger partial charge in [-0.3, -0.25) is 4.79 Å². The van der Waals surface area contributed by atoms with Gasteiger partial charge in [0.25, 0.3) is 5.91 Å². The number of carbonyl (C=O) groups is 1. The van der Waals surface area contributed by atoms with Crippen molar-refractivity contribution in [2.24, 2.45) is 5.92 Å². The van der Waals surface area contributed by atoms with E-state index in [1.54, 1.807) is 13.2 Å². The van der Waals surface area contributed by atoms with Gasteiger partial charge in [-0.1, -0.05) is 39.2 Å². The van der Waals surface area contributed by atoms with Crippen molar-refractivity contribution < 1.29 is 9.53 Å². The molecule has 0 aromatic heterocycles. The number of ether oxygens (including phenoxy) is 1. The normalized spacial score (nSPS) is 11.9. The second-order valence-corrected chi connectivity index (χ2v) is 4.86. The number of hydrogen-bond donors (Lipinski definition) is 1. The zero-order valence-corrected chi connectivity index (χ0v) is 12.2. The molecular formula is C16H25NO2. The van der Waals surface area contributed by atoms with Crippen LogP contribution in [0.1, 0.15) is 49.9 Å². The van der Waals surface area contributed by atoms with Crippen LogP contribution in [0.2, 0.25) is 0 Å². The van der Waals surface area contributed by atoms with Gasteiger partial charge in [-0.25, -0.2) is 0 Å². The summed E-state index contributed by atoms with van der Waals surface area (Å²) in [5, 5.41) is 3.02. The monoisotopic (exact) mass is 263 g/mol. The van der Waals surface area contributed by atoms with E-state index in [1.165, 1.54) is 19.3 Å². The topological polar surface area (TPSA) is 38.3 Å². The highest BCUT2D eigenvalue weighted by Gasteiger charge is 2.10. The fraction of sp³-hybridized carbons (Fsp3) is 0.562. The minimum Gasteiger partial charge on any atom is -0.497 e. The fourth-order valence-corrected chi connectivity index (χ4v) is 2.05. The molecule has 1 aromatic rings. The third-order valence-corrected chi connectivity index (χ3v) is 3.43. The first-order valence-electron chi connectivity index (χ1n) is 7.13. The van der Waals surface area contributed by atoms with Crippen molar-refractivity contribution >= 4 is 5.91 Å². The molecule has 0 bridgehead atoms. The van der Waals surface area contributed by atoms with Crippen LogP contribution in [0.15, 0.2) is 24.3 Å². The third-order valence-electron chi connectivity index (χ3n) is 3.43. The first-order valence-corrected chi connectivity index (χ1v) is 7.13. The number of unbranched alkanes of at least 4 members (excludes halogenated alkanes) is 1. The lowest BCUT2D eigenvalue weighted by Crippen LogP contribution is -2.29. The van der Waals surface area contributed by atoms with E-state index in [2.05, 4.69) is 19.2 Å². The lowest BCUT2D eigenvalue weighted by molar-refractivity contribution is 0.0945. The summed E-state index contributed by atoms with van der Waals surface area (Å²) in [5.74, 6) is 1.27. The molecule has 0 fully saturated rings. The van der Waals surface area contributed by atoms with Crippen molar-refractivity contribution in [1.82, 2.24) is 5.32 Å². The first kappa shape index (κ1) is 15.5. The van der Waals surface area contributed by atoms with Gasteiger partial charge in [0.1, 0.15) is 5.75 Å². The average Bonchev–Trinajstić information content (AvgIpc) is 2.47. The van der Waals surface area contributed by atoms with Crippen molar-refractivity contribution in [3.63, 3.8) is 0 Å². The minimum absolute atomic E-state index is 0.0196. The molecule has 0 aliphatic carbocycles. The Morgan fingerprint density at radius 1 is 1.37 bits per heavy atom. The Bertz CT molecular complexity index is 390. The molecule has 0 aliphatic heterocycles. The maximum absolute atomic E-state index is 12.0. The first-order chi connectivity index (χ1) is 9.21. The summed E-state index contributed by atoms with van der Waals surface area (Å²) in [5.41, 5.74) is 0.657. The molecular weight excluding hydrogens is 238 g/mol. The molecule has 1 N–H and O–H groups in total. The van der Waals surface area contributed by atoms with Crippen molar-refractivity contribution in [2.45, 2.75) is 39.5 Å². The highest BCUT2D eigenvalue weighted by molar-refractivity contribution is 5.94. The number of hydrogen-bond acceptors (Lipinski definition) is 2. The fourth-order valence-electron chi connectivity index (χ4n) is 2.05. The molecule has 106 valence electrons. The Labute approximate surface area is 116 Å². The highest BCUT2D eigenvalue weighted by atomic mass is 16.5. The molecule has 3 heteroatoms. The lowest BCUT2D eigenvalue weighted by Gasteiger charge is -2.15. The summed E-state index contributed by atoms with van der Waals surface area (Å²) in [7, 11) is 1.61. The summed E-state index contributed by atoms with van der Waals surface area (Å²) in [6.07, 6.45) is 4.73. The molecule has 0 saturated carbocycles. The predicted octanol–water partition coefficient (Wildman–Crippen LogP) is 3.64. The molecule has 1 atom stereocenters. The SMILES string of the molecule is CCCC[C@@H](CC)CNC(=O)c1cccc(OC)c1. The number of methoxy groups -OCH3 is 1. The molecule has 0 heterocycles. The zero-order valence-electron chi connectivity index (χ0n) is 12.2. The van der Waals surface area contributed by atoms with Crippen LogP contribution in [0, 0.1) is 5.92 Å². The van der Waals surface area contributed by atoms with Crippen LogP contribution in [0.5, 0.6) is 5.75 Å². The minimum atomic E-state index is -0.0196. The number of nitrogens with one attached hydrogen (secondary N) is 1. The van der Waals surface area contributed by atoms with Crippen molar-refractivity contribution in [3.8, 4) is 5.75 Å². The lowest BCUT2D eigenvalue weighted by atomic mass is 9.99. The second-order valence-electron chi connectivity index (χ2n) is 4.86. The van der Waals surface area contributed by atoms with Crippen molar-refractivity contribution in [3.05, 3.63) is 29.8 Å². The Hall–Kier alpha value is -1.51. The molecule has 3 nitrogen and oxygen atoms in total. The molecule has 0 saturated heterocycles. The molecule has 0 unspecified atom stereocenters. The summed E-state index contributed by atoms with van der Waals surface area (Å²) in [6.45, 7) is 5.13. The quantitative estimate of drug-likeness (QED) is 0.777. The average molecular weight is 263 g/mol. The maximum Gasteiger partial charge on any atom is 0.251 e. The van der Waals surface area contributed by atoms with E-state index in [0.29, 0.717) is 17.2 Å². The summed E-state index contributed by atoms with van der Waals surface area (Å²) >= 11 is 0. The van der Waals surface area contributed by atoms with E-state index in [4.69, 9.17) is 4.74 Å². The van der Waals surface area contributed by atoms with Gasteiger partial charge in [0, 0.05) is 12.1 Å². The summed E-state index contributed by atoms with van der Waals surface area (Å²) in [4.78, 5) is 12.0. The number of amides is 1. The van der Waals surface area contributed by atoms with E-state index in [0.717, 1.165) is 13.0 Å². The number of rotatable bonds is 8. The standard InChI is InChI=1S/C16H25NO2/c1-4-6-8-13(5-2)12-17-16(18)14-9-7-10-15(11-14)19-3/h7,9-11,13H,4-6,8,12H2,1-3H3,(H,17,18)/t13-/m1/s1. The molecule has 1 aromatic carbocycles. The molecule has 19 heavy (non-hydrogen) atoms. The van der Waals surface area contributed by atoms with Crippen LogP contribution in [-0.4, -0.2) is 19.6 Å². The number of carbonyl (C=O) groups excluding carboxylic acids is 1. The van der Waals surface area contributed by atoms with E-state index in [9.17, 15) is 4.79 Å². The zero-order chi connectivity index (χ0) is 14.1. The van der Waals surface area contributed by atoms with Crippen LogP contribution >= 0.6 is 0 Å². The van der Waals surface area contributed by atoms with E-state index < -0.39 is 0 Å². The smallest absolute Gasteiger partial charge is 0.251 e. The molecule has 1 amide bonds. The van der Waals surface area contributed by atoms with Gasteiger partial charge >= 0.3 is 0 Å². The van der Waals surface area contributed by atoms with Gasteiger partial charge in [-0.05, 0) is 30.5 Å².